The van der Waals surface area contributed by atoms with E-state index in [1.165, 1.54) is 0 Å². The number of hydrogen-bond donors (Lipinski definition) is 1. The lowest BCUT2D eigenvalue weighted by atomic mass is 10.2. The van der Waals surface area contributed by atoms with E-state index in [1.807, 2.05) is 31.2 Å². The predicted molar refractivity (Wildman–Crippen MR) is 72.3 cm³/mol. The topological polar surface area (TPSA) is 34.1 Å². The number of aromatic nitrogens is 1. The van der Waals surface area contributed by atoms with Crippen molar-refractivity contribution in [2.24, 2.45) is 0 Å². The zero-order valence-electron chi connectivity index (χ0n) is 10.7. The van der Waals surface area contributed by atoms with Crippen molar-refractivity contribution in [1.29, 1.82) is 0 Å². The Bertz CT molecular complexity index is 569. The average molecular weight is 302 g/mol. The molecule has 0 bridgehead atoms. The molecule has 0 amide bonds. The first kappa shape index (κ1) is 14.6. The highest BCUT2D eigenvalue weighted by Gasteiger charge is 2.33. The number of thiazole rings is 1. The van der Waals surface area contributed by atoms with Crippen molar-refractivity contribution in [3.63, 3.8) is 0 Å². The van der Waals surface area contributed by atoms with Gasteiger partial charge in [-0.3, -0.25) is 0 Å². The van der Waals surface area contributed by atoms with E-state index in [2.05, 4.69) is 10.3 Å². The minimum atomic E-state index is -4.34. The molecule has 3 nitrogen and oxygen atoms in total. The van der Waals surface area contributed by atoms with Crippen molar-refractivity contribution in [2.45, 2.75) is 13.1 Å². The van der Waals surface area contributed by atoms with Gasteiger partial charge in [0.1, 0.15) is 17.2 Å². The molecule has 0 saturated heterocycles. The number of rotatable bonds is 5. The molecular weight excluding hydrogens is 289 g/mol. The van der Waals surface area contributed by atoms with Crippen LogP contribution in [0.5, 0.6) is 5.75 Å². The Hall–Kier alpha value is -1.76. The summed E-state index contributed by atoms with van der Waals surface area (Å²) >= 11 is 0.586. The van der Waals surface area contributed by atoms with Crippen LogP contribution < -0.4 is 10.1 Å². The number of anilines is 1. The molecule has 1 aromatic heterocycles. The minimum Gasteiger partial charge on any atom is -0.492 e. The molecule has 0 aliphatic heterocycles. The Morgan fingerprint density at radius 2 is 2.15 bits per heavy atom. The molecule has 0 saturated carbocycles. The van der Waals surface area contributed by atoms with Gasteiger partial charge in [0.05, 0.1) is 12.7 Å². The van der Waals surface area contributed by atoms with Gasteiger partial charge in [0.2, 0.25) is 0 Å². The van der Waals surface area contributed by atoms with Crippen molar-refractivity contribution < 1.29 is 17.9 Å². The van der Waals surface area contributed by atoms with Gasteiger partial charge in [-0.15, -0.1) is 0 Å². The van der Waals surface area contributed by atoms with Crippen LogP contribution in [-0.2, 0) is 6.18 Å². The molecule has 0 aliphatic rings. The molecule has 0 radical (unpaired) electrons. The summed E-state index contributed by atoms with van der Waals surface area (Å²) in [5.74, 6) is 0.738. The second-order valence-electron chi connectivity index (χ2n) is 4.12. The van der Waals surface area contributed by atoms with Gasteiger partial charge in [-0.25, -0.2) is 4.98 Å². The summed E-state index contributed by atoms with van der Waals surface area (Å²) in [6.45, 7) is 2.70. The quantitative estimate of drug-likeness (QED) is 0.849. The summed E-state index contributed by atoms with van der Waals surface area (Å²) in [4.78, 5) is 2.96. The lowest BCUT2D eigenvalue weighted by Crippen LogP contribution is -2.11. The second kappa shape index (κ2) is 6.13. The third-order valence-corrected chi connectivity index (χ3v) is 3.42. The number of alkyl halides is 3. The number of benzene rings is 1. The first-order valence-electron chi connectivity index (χ1n) is 5.91. The molecule has 20 heavy (non-hydrogen) atoms. The van der Waals surface area contributed by atoms with Crippen LogP contribution in [0, 0.1) is 6.92 Å². The fraction of sp³-hybridized carbons (Fsp3) is 0.308. The predicted octanol–water partition coefficient (Wildman–Crippen LogP) is 3.96. The number of aryl methyl sites for hydroxylation is 1. The van der Waals surface area contributed by atoms with Crippen LogP contribution in [0.2, 0.25) is 0 Å². The van der Waals surface area contributed by atoms with Crippen molar-refractivity contribution in [3.8, 4) is 5.75 Å². The summed E-state index contributed by atoms with van der Waals surface area (Å²) in [7, 11) is 0. The minimum absolute atomic E-state index is 0.241. The smallest absolute Gasteiger partial charge is 0.427 e. The van der Waals surface area contributed by atoms with Gasteiger partial charge in [-0.1, -0.05) is 23.5 Å². The fourth-order valence-electron chi connectivity index (χ4n) is 1.52. The number of nitrogens with zero attached hydrogens (tertiary/aromatic N) is 1. The van der Waals surface area contributed by atoms with Crippen molar-refractivity contribution in [2.75, 3.05) is 18.5 Å². The Balaban J connectivity index is 1.77. The first-order valence-corrected chi connectivity index (χ1v) is 6.73. The van der Waals surface area contributed by atoms with E-state index in [4.69, 9.17) is 4.74 Å². The highest BCUT2D eigenvalue weighted by atomic mass is 32.1. The zero-order valence-corrected chi connectivity index (χ0v) is 11.5. The molecule has 108 valence electrons. The highest BCUT2D eigenvalue weighted by molar-refractivity contribution is 7.15. The number of hydrogen-bond acceptors (Lipinski definition) is 4. The van der Waals surface area contributed by atoms with Crippen LogP contribution in [-0.4, -0.2) is 18.1 Å². The van der Waals surface area contributed by atoms with Gasteiger partial charge < -0.3 is 10.1 Å². The van der Waals surface area contributed by atoms with Crippen LogP contribution >= 0.6 is 11.3 Å². The van der Waals surface area contributed by atoms with E-state index in [0.29, 0.717) is 24.5 Å². The lowest BCUT2D eigenvalue weighted by Gasteiger charge is -2.07. The number of nitrogens with one attached hydrogen (secondary N) is 1. The SMILES string of the molecule is Cc1cccc(OCCNc2ncc(C(F)(F)F)s2)c1. The third kappa shape index (κ3) is 4.12. The monoisotopic (exact) mass is 302 g/mol. The molecule has 0 aliphatic carbocycles. The third-order valence-electron chi connectivity index (χ3n) is 2.42. The Labute approximate surface area is 118 Å². The summed E-state index contributed by atoms with van der Waals surface area (Å²) in [6, 6.07) is 7.57. The Morgan fingerprint density at radius 3 is 2.80 bits per heavy atom. The van der Waals surface area contributed by atoms with E-state index in [-0.39, 0.29) is 5.13 Å². The maximum atomic E-state index is 12.4. The maximum Gasteiger partial charge on any atom is 0.427 e. The van der Waals surface area contributed by atoms with Crippen LogP contribution in [0.1, 0.15) is 10.4 Å². The molecule has 1 heterocycles. The van der Waals surface area contributed by atoms with E-state index < -0.39 is 11.1 Å². The molecule has 0 spiro atoms. The van der Waals surface area contributed by atoms with Crippen molar-refractivity contribution >= 4 is 16.5 Å². The average Bonchev–Trinajstić information content (AvgIpc) is 2.83. The largest absolute Gasteiger partial charge is 0.492 e. The van der Waals surface area contributed by atoms with Gasteiger partial charge in [0, 0.05) is 0 Å². The fourth-order valence-corrected chi connectivity index (χ4v) is 2.23. The molecule has 2 aromatic rings. The summed E-state index contributed by atoms with van der Waals surface area (Å²) < 4.78 is 42.6. The molecule has 1 N–H and O–H groups in total. The van der Waals surface area contributed by atoms with E-state index in [9.17, 15) is 13.2 Å². The normalized spacial score (nSPS) is 11.4. The molecule has 0 unspecified atom stereocenters. The molecule has 0 fully saturated rings. The Morgan fingerprint density at radius 1 is 1.35 bits per heavy atom. The summed E-state index contributed by atoms with van der Waals surface area (Å²) in [6.07, 6.45) is -3.51. The standard InChI is InChI=1S/C13H13F3N2OS/c1-9-3-2-4-10(7-9)19-6-5-17-12-18-8-11(20-12)13(14,15)16/h2-4,7-8H,5-6H2,1H3,(H,17,18). The number of halogens is 3. The van der Waals surface area contributed by atoms with E-state index in [0.717, 1.165) is 17.5 Å². The van der Waals surface area contributed by atoms with E-state index in [1.54, 1.807) is 0 Å². The van der Waals surface area contributed by atoms with Crippen LogP contribution in [0.3, 0.4) is 0 Å². The zero-order chi connectivity index (χ0) is 14.6. The molecular formula is C13H13F3N2OS. The summed E-state index contributed by atoms with van der Waals surface area (Å²) in [5, 5.41) is 3.05. The molecule has 1 aromatic carbocycles. The van der Waals surface area contributed by atoms with Gasteiger partial charge in [0.25, 0.3) is 0 Å². The molecule has 0 atom stereocenters. The van der Waals surface area contributed by atoms with Gasteiger partial charge >= 0.3 is 6.18 Å². The summed E-state index contributed by atoms with van der Waals surface area (Å²) in [5.41, 5.74) is 1.09. The maximum absolute atomic E-state index is 12.4. The molecule has 2 rings (SSSR count). The van der Waals surface area contributed by atoms with E-state index >= 15 is 0 Å². The van der Waals surface area contributed by atoms with Crippen LogP contribution in [0.15, 0.2) is 30.5 Å². The van der Waals surface area contributed by atoms with Crippen molar-refractivity contribution in [1.82, 2.24) is 4.98 Å². The lowest BCUT2D eigenvalue weighted by molar-refractivity contribution is -0.134. The Kier molecular flexibility index (Phi) is 4.49. The van der Waals surface area contributed by atoms with Crippen LogP contribution in [0.25, 0.3) is 0 Å². The van der Waals surface area contributed by atoms with Gasteiger partial charge in [-0.05, 0) is 24.6 Å². The molecule has 7 heteroatoms. The van der Waals surface area contributed by atoms with Crippen LogP contribution in [0.4, 0.5) is 18.3 Å². The highest BCUT2D eigenvalue weighted by Crippen LogP contribution is 2.34. The van der Waals surface area contributed by atoms with Gasteiger partial charge in [0.15, 0.2) is 5.13 Å². The first-order chi connectivity index (χ1) is 9.45. The second-order valence-corrected chi connectivity index (χ2v) is 5.15. The van der Waals surface area contributed by atoms with Gasteiger partial charge in [-0.2, -0.15) is 13.2 Å². The van der Waals surface area contributed by atoms with Crippen molar-refractivity contribution in [3.05, 3.63) is 40.9 Å². The number of ether oxygens (including phenoxy) is 1.